The molecule has 2 nitrogen and oxygen atoms in total. The summed E-state index contributed by atoms with van der Waals surface area (Å²) < 4.78 is 0. The van der Waals surface area contributed by atoms with E-state index in [-0.39, 0.29) is 30.9 Å². The molecule has 3 heteroatoms. The van der Waals surface area contributed by atoms with Crippen molar-refractivity contribution in [2.24, 2.45) is 0 Å². The van der Waals surface area contributed by atoms with E-state index in [2.05, 4.69) is 115 Å². The Balaban J connectivity index is 0.000000228. The number of hydrogen-bond donors (Lipinski definition) is 0. The molecule has 1 aliphatic rings. The molecule has 0 saturated carbocycles. The Morgan fingerprint density at radius 2 is 1.38 bits per heavy atom. The molecule has 0 bridgehead atoms. The van der Waals surface area contributed by atoms with Gasteiger partial charge in [0.15, 0.2) is 0 Å². The number of pyridine rings is 2. The van der Waals surface area contributed by atoms with Crippen molar-refractivity contribution in [3.63, 3.8) is 0 Å². The number of hydrogen-bond acceptors (Lipinski definition) is 2. The molecular formula is C39H40IrN2-2. The molecule has 0 N–H and O–H groups in total. The third-order valence-corrected chi connectivity index (χ3v) is 9.13. The van der Waals surface area contributed by atoms with E-state index in [0.29, 0.717) is 0 Å². The van der Waals surface area contributed by atoms with E-state index < -0.39 is 0 Å². The normalized spacial score (nSPS) is 14.0. The zero-order valence-corrected chi connectivity index (χ0v) is 28.6. The quantitative estimate of drug-likeness (QED) is 0.169. The van der Waals surface area contributed by atoms with E-state index in [1.54, 1.807) is 0 Å². The molecule has 6 rings (SSSR count). The summed E-state index contributed by atoms with van der Waals surface area (Å²) in [6.07, 6.45) is 1.94. The summed E-state index contributed by atoms with van der Waals surface area (Å²) in [5, 5.41) is 0. The summed E-state index contributed by atoms with van der Waals surface area (Å²) in [5.41, 5.74) is 15.7. The van der Waals surface area contributed by atoms with Gasteiger partial charge >= 0.3 is 0 Å². The molecule has 1 radical (unpaired) electrons. The summed E-state index contributed by atoms with van der Waals surface area (Å²) in [5.74, 6) is 0. The molecule has 0 amide bonds. The molecule has 42 heavy (non-hydrogen) atoms. The van der Waals surface area contributed by atoms with Crippen LogP contribution < -0.4 is 0 Å². The Bertz CT molecular complexity index is 1730. The van der Waals surface area contributed by atoms with Crippen molar-refractivity contribution in [3.8, 4) is 33.6 Å². The maximum absolute atomic E-state index is 4.70. The Morgan fingerprint density at radius 1 is 0.643 bits per heavy atom. The van der Waals surface area contributed by atoms with E-state index >= 15 is 0 Å². The van der Waals surface area contributed by atoms with Gasteiger partial charge in [0.05, 0.1) is 0 Å². The van der Waals surface area contributed by atoms with E-state index in [9.17, 15) is 0 Å². The van der Waals surface area contributed by atoms with Gasteiger partial charge in [0.1, 0.15) is 0 Å². The fraction of sp³-hybridized carbons (Fsp3) is 0.282. The first-order chi connectivity index (χ1) is 19.4. The first-order valence-corrected chi connectivity index (χ1v) is 14.4. The standard InChI is InChI=1S/C26H28N.C13H12N.Ir/c1-16-8-10-20-21-14-19(24-18(3)12-17(2)15-27-24)9-11-22(21)25(4,5)26(6,7)23(20)13-16;1-10-8-9-13(14-11(10)2)12-6-4-3-5-7-12;/h8,10-15H,1-7H3;3-6,8-9H,1-2H3;/q2*-1;. The molecule has 0 atom stereocenters. The van der Waals surface area contributed by atoms with Crippen molar-refractivity contribution in [1.29, 1.82) is 0 Å². The van der Waals surface area contributed by atoms with E-state index in [0.717, 1.165) is 28.2 Å². The number of aryl methyl sites for hydroxylation is 5. The number of fused-ring (bicyclic) bond motifs is 3. The predicted molar refractivity (Wildman–Crippen MR) is 172 cm³/mol. The molecular weight excluding hydrogens is 689 g/mol. The fourth-order valence-electron chi connectivity index (χ4n) is 5.78. The van der Waals surface area contributed by atoms with Crippen molar-refractivity contribution in [2.75, 3.05) is 0 Å². The molecule has 0 aliphatic heterocycles. The Hall–Kier alpha value is -3.39. The van der Waals surface area contributed by atoms with Crippen LogP contribution in [0.5, 0.6) is 0 Å². The molecule has 1 aliphatic carbocycles. The third-order valence-electron chi connectivity index (χ3n) is 9.13. The fourth-order valence-corrected chi connectivity index (χ4v) is 5.78. The number of aromatic nitrogens is 2. The predicted octanol–water partition coefficient (Wildman–Crippen LogP) is 9.87. The van der Waals surface area contributed by atoms with Crippen LogP contribution in [0, 0.1) is 46.8 Å². The van der Waals surface area contributed by atoms with Crippen LogP contribution in [-0.4, -0.2) is 9.97 Å². The van der Waals surface area contributed by atoms with Gasteiger partial charge in [0.25, 0.3) is 0 Å². The molecule has 3 aromatic carbocycles. The molecule has 0 spiro atoms. The Labute approximate surface area is 266 Å². The van der Waals surface area contributed by atoms with Crippen LogP contribution in [-0.2, 0) is 30.9 Å². The van der Waals surface area contributed by atoms with Gasteiger partial charge in [-0.15, -0.1) is 65.2 Å². The maximum atomic E-state index is 4.70. The summed E-state index contributed by atoms with van der Waals surface area (Å²) >= 11 is 0. The topological polar surface area (TPSA) is 25.8 Å². The van der Waals surface area contributed by atoms with Crippen molar-refractivity contribution in [2.45, 2.75) is 73.1 Å². The van der Waals surface area contributed by atoms with Gasteiger partial charge in [-0.3, -0.25) is 0 Å². The monoisotopic (exact) mass is 729 g/mol. The molecule has 0 saturated heterocycles. The summed E-state index contributed by atoms with van der Waals surface area (Å²) in [6, 6.07) is 32.3. The van der Waals surface area contributed by atoms with Crippen LogP contribution in [0.25, 0.3) is 33.6 Å². The minimum Gasteiger partial charge on any atom is -0.304 e. The second-order valence-electron chi connectivity index (χ2n) is 12.5. The van der Waals surface area contributed by atoms with Crippen molar-refractivity contribution < 1.29 is 20.1 Å². The number of benzene rings is 3. The van der Waals surface area contributed by atoms with Crippen LogP contribution in [0.3, 0.4) is 0 Å². The van der Waals surface area contributed by atoms with Gasteiger partial charge in [-0.25, -0.2) is 0 Å². The van der Waals surface area contributed by atoms with Gasteiger partial charge in [-0.05, 0) is 79.1 Å². The van der Waals surface area contributed by atoms with Crippen molar-refractivity contribution in [3.05, 3.63) is 130 Å². The van der Waals surface area contributed by atoms with Gasteiger partial charge in [-0.1, -0.05) is 80.8 Å². The van der Waals surface area contributed by atoms with Gasteiger partial charge < -0.3 is 9.97 Å². The van der Waals surface area contributed by atoms with Crippen LogP contribution in [0.15, 0.2) is 79.0 Å². The van der Waals surface area contributed by atoms with Crippen molar-refractivity contribution in [1.82, 2.24) is 9.97 Å². The molecule has 5 aromatic rings. The Morgan fingerprint density at radius 3 is 2.05 bits per heavy atom. The first-order valence-electron chi connectivity index (χ1n) is 14.4. The average molecular weight is 729 g/mol. The van der Waals surface area contributed by atoms with Crippen molar-refractivity contribution >= 4 is 0 Å². The Kier molecular flexibility index (Phi) is 9.07. The average Bonchev–Trinajstić information content (AvgIpc) is 2.94. The van der Waals surface area contributed by atoms with Crippen LogP contribution in [0.1, 0.15) is 66.8 Å². The number of rotatable bonds is 2. The van der Waals surface area contributed by atoms with Gasteiger partial charge in [-0.2, -0.15) is 0 Å². The maximum Gasteiger partial charge on any atom is 0.0295 e. The second-order valence-corrected chi connectivity index (χ2v) is 12.5. The van der Waals surface area contributed by atoms with Crippen LogP contribution >= 0.6 is 0 Å². The van der Waals surface area contributed by atoms with Gasteiger partial charge in [0, 0.05) is 32.0 Å². The van der Waals surface area contributed by atoms with Crippen LogP contribution in [0.2, 0.25) is 0 Å². The smallest absolute Gasteiger partial charge is 0.0295 e. The summed E-state index contributed by atoms with van der Waals surface area (Å²) in [6.45, 7) is 20.0. The summed E-state index contributed by atoms with van der Waals surface area (Å²) in [7, 11) is 0. The SMILES string of the molecule is Cc1ccc(-c2[c-]cccc2)nc1C.Cc1cnc(-c2[c-]cc3c(c2)-c2ccc(C)cc2C(C)(C)C3(C)C)c(C)c1.[Ir]. The second kappa shape index (κ2) is 12.1. The zero-order chi connectivity index (χ0) is 29.5. The molecule has 217 valence electrons. The van der Waals surface area contributed by atoms with E-state index in [1.165, 1.54) is 44.5 Å². The molecule has 2 heterocycles. The zero-order valence-electron chi connectivity index (χ0n) is 26.2. The molecule has 2 aromatic heterocycles. The minimum absolute atomic E-state index is 0. The number of nitrogens with zero attached hydrogens (tertiary/aromatic N) is 2. The summed E-state index contributed by atoms with van der Waals surface area (Å²) in [4.78, 5) is 9.21. The van der Waals surface area contributed by atoms with E-state index in [1.807, 2.05) is 43.5 Å². The largest absolute Gasteiger partial charge is 0.304 e. The van der Waals surface area contributed by atoms with E-state index in [4.69, 9.17) is 4.98 Å². The first kappa shape index (κ1) is 31.5. The minimum atomic E-state index is 0. The molecule has 0 fully saturated rings. The third kappa shape index (κ3) is 5.78. The van der Waals surface area contributed by atoms with Crippen LogP contribution in [0.4, 0.5) is 0 Å². The van der Waals surface area contributed by atoms with Gasteiger partial charge in [0.2, 0.25) is 0 Å². The molecule has 0 unspecified atom stereocenters.